The summed E-state index contributed by atoms with van der Waals surface area (Å²) < 4.78 is 35.7. The maximum atomic E-state index is 14.1. The van der Waals surface area contributed by atoms with E-state index in [2.05, 4.69) is 6.07 Å². The number of sulfonamides is 1. The summed E-state index contributed by atoms with van der Waals surface area (Å²) in [5, 5.41) is 0.831. The minimum atomic E-state index is -4.21. The number of hydrogen-bond donors (Lipinski definition) is 0. The maximum absolute atomic E-state index is 14.1. The normalized spacial score (nSPS) is 16.3. The molecule has 10 heteroatoms. The van der Waals surface area contributed by atoms with Gasteiger partial charge in [-0.15, -0.1) is 11.3 Å². The second-order valence-electron chi connectivity index (χ2n) is 10.4. The van der Waals surface area contributed by atoms with E-state index in [0.29, 0.717) is 17.0 Å². The van der Waals surface area contributed by atoms with E-state index >= 15 is 0 Å². The summed E-state index contributed by atoms with van der Waals surface area (Å²) >= 11 is 1.57. The van der Waals surface area contributed by atoms with E-state index < -0.39 is 33.9 Å². The molecule has 4 aromatic carbocycles. The Morgan fingerprint density at radius 3 is 2.33 bits per heavy atom. The Labute approximate surface area is 254 Å². The largest absolute Gasteiger partial charge is 0.497 e. The first-order valence-electron chi connectivity index (χ1n) is 13.7. The average Bonchev–Trinajstić information content (AvgIpc) is 3.57. The lowest BCUT2D eigenvalue weighted by atomic mass is 10.1. The van der Waals surface area contributed by atoms with Gasteiger partial charge < -0.3 is 4.74 Å². The predicted octanol–water partition coefficient (Wildman–Crippen LogP) is 6.36. The Bertz CT molecular complexity index is 1920. The van der Waals surface area contributed by atoms with Gasteiger partial charge in [-0.2, -0.15) is 4.31 Å². The minimum absolute atomic E-state index is 0.00478. The topological polar surface area (TPSA) is 96.9 Å². The second kappa shape index (κ2) is 11.4. The van der Waals surface area contributed by atoms with Crippen molar-refractivity contribution in [3.63, 3.8) is 0 Å². The Morgan fingerprint density at radius 1 is 0.953 bits per heavy atom. The molecule has 0 saturated carbocycles. The van der Waals surface area contributed by atoms with Crippen LogP contribution < -0.4 is 9.64 Å². The number of ether oxygens (including phenoxy) is 1. The molecule has 0 bridgehead atoms. The number of aromatic nitrogens is 1. The Morgan fingerprint density at radius 2 is 1.65 bits per heavy atom. The third-order valence-corrected chi connectivity index (χ3v) is 10.7. The van der Waals surface area contributed by atoms with Crippen LogP contribution in [0.1, 0.15) is 30.5 Å². The van der Waals surface area contributed by atoms with Crippen molar-refractivity contribution in [1.29, 1.82) is 0 Å². The molecule has 1 aliphatic rings. The zero-order valence-corrected chi connectivity index (χ0v) is 25.4. The van der Waals surface area contributed by atoms with Gasteiger partial charge in [0.25, 0.3) is 5.91 Å². The van der Waals surface area contributed by atoms with E-state index in [4.69, 9.17) is 9.72 Å². The van der Waals surface area contributed by atoms with Crippen LogP contribution in [0.3, 0.4) is 0 Å². The zero-order chi connectivity index (χ0) is 30.3. The van der Waals surface area contributed by atoms with Gasteiger partial charge in [0.2, 0.25) is 15.9 Å². The lowest BCUT2D eigenvalue weighted by molar-refractivity contribution is -0.122. The highest BCUT2D eigenvalue weighted by molar-refractivity contribution is 7.89. The van der Waals surface area contributed by atoms with Gasteiger partial charge in [-0.05, 0) is 85.6 Å². The van der Waals surface area contributed by atoms with Crippen molar-refractivity contribution in [3.8, 4) is 16.3 Å². The van der Waals surface area contributed by atoms with Crippen LogP contribution in [0.15, 0.2) is 102 Å². The van der Waals surface area contributed by atoms with Gasteiger partial charge in [-0.1, -0.05) is 36.4 Å². The van der Waals surface area contributed by atoms with Crippen molar-refractivity contribution in [2.24, 2.45) is 0 Å². The van der Waals surface area contributed by atoms with Gasteiger partial charge in [0.05, 0.1) is 34.3 Å². The smallest absolute Gasteiger partial charge is 0.252 e. The molecule has 0 N–H and O–H groups in total. The summed E-state index contributed by atoms with van der Waals surface area (Å²) in [6.45, 7) is 3.76. The van der Waals surface area contributed by atoms with Gasteiger partial charge in [0.15, 0.2) is 0 Å². The van der Waals surface area contributed by atoms with Crippen molar-refractivity contribution in [1.82, 2.24) is 9.29 Å². The molecular weight excluding hydrogens is 583 g/mol. The molecule has 1 saturated heterocycles. The van der Waals surface area contributed by atoms with Crippen LogP contribution in [0.25, 0.3) is 20.8 Å². The van der Waals surface area contributed by atoms with Crippen molar-refractivity contribution in [2.75, 3.05) is 12.0 Å². The van der Waals surface area contributed by atoms with Crippen LogP contribution in [0.4, 0.5) is 5.69 Å². The molecule has 2 heterocycles. The van der Waals surface area contributed by atoms with Crippen LogP contribution in [0.5, 0.6) is 5.75 Å². The fourth-order valence-electron chi connectivity index (χ4n) is 5.39. The molecule has 2 atom stereocenters. The van der Waals surface area contributed by atoms with Gasteiger partial charge in [-0.3, -0.25) is 9.59 Å². The van der Waals surface area contributed by atoms with Crippen LogP contribution in [0.2, 0.25) is 0 Å². The lowest BCUT2D eigenvalue weighted by Crippen LogP contribution is -2.46. The summed E-state index contributed by atoms with van der Waals surface area (Å²) in [5.74, 6) is -0.550. The third kappa shape index (κ3) is 5.33. The average molecular weight is 612 g/mol. The highest BCUT2D eigenvalue weighted by atomic mass is 32.2. The molecule has 1 aromatic heterocycles. The SMILES string of the molecule is COc1ccc(S(=O)(=O)N(C2CC(=O)N(c3ccc(-c4nc5ccc(C)cc5s4)cc3)C2=O)C(C)c2ccccc2)cc1. The Kier molecular flexibility index (Phi) is 7.59. The number of hydrogen-bond acceptors (Lipinski definition) is 7. The molecule has 2 amide bonds. The van der Waals surface area contributed by atoms with E-state index in [1.807, 2.05) is 61.5 Å². The fourth-order valence-corrected chi connectivity index (χ4v) is 8.22. The quantitative estimate of drug-likeness (QED) is 0.189. The van der Waals surface area contributed by atoms with Crippen LogP contribution in [0, 0.1) is 6.92 Å². The van der Waals surface area contributed by atoms with E-state index in [1.165, 1.54) is 23.5 Å². The zero-order valence-electron chi connectivity index (χ0n) is 23.8. The molecule has 0 aliphatic carbocycles. The number of amides is 2. The lowest BCUT2D eigenvalue weighted by Gasteiger charge is -2.32. The highest BCUT2D eigenvalue weighted by Gasteiger charge is 2.49. The molecule has 0 radical (unpaired) electrons. The summed E-state index contributed by atoms with van der Waals surface area (Å²) in [6.07, 6.45) is -0.273. The molecule has 1 fully saturated rings. The van der Waals surface area contributed by atoms with Crippen molar-refractivity contribution >= 4 is 49.1 Å². The van der Waals surface area contributed by atoms with Gasteiger partial charge in [-0.25, -0.2) is 18.3 Å². The summed E-state index contributed by atoms with van der Waals surface area (Å²) in [4.78, 5) is 33.1. The van der Waals surface area contributed by atoms with E-state index in [9.17, 15) is 18.0 Å². The standard InChI is InChI=1S/C33H29N3O5S2/c1-21-9-18-28-30(19-21)42-32(34-28)24-10-12-25(13-11-24)35-31(37)20-29(33(35)38)36(22(2)23-7-5-4-6-8-23)43(39,40)27-16-14-26(41-3)15-17-27/h4-19,22,29H,20H2,1-3H3. The van der Waals surface area contributed by atoms with Crippen LogP contribution in [-0.4, -0.2) is 42.7 Å². The van der Waals surface area contributed by atoms with Gasteiger partial charge in [0.1, 0.15) is 16.8 Å². The Hall–Kier alpha value is -4.38. The van der Waals surface area contributed by atoms with Crippen molar-refractivity contribution in [2.45, 2.75) is 37.2 Å². The number of rotatable bonds is 8. The number of aryl methyl sites for hydroxylation is 1. The first-order valence-corrected chi connectivity index (χ1v) is 16.0. The number of imide groups is 1. The molecule has 1 aliphatic heterocycles. The van der Waals surface area contributed by atoms with E-state index in [0.717, 1.165) is 31.3 Å². The number of fused-ring (bicyclic) bond motifs is 1. The van der Waals surface area contributed by atoms with Gasteiger partial charge >= 0.3 is 0 Å². The Balaban J connectivity index is 1.33. The number of anilines is 1. The van der Waals surface area contributed by atoms with E-state index in [-0.39, 0.29) is 11.3 Å². The molecular formula is C33H29N3O5S2. The molecule has 6 rings (SSSR count). The number of carbonyl (C=O) groups excluding carboxylic acids is 2. The fraction of sp³-hybridized carbons (Fsp3) is 0.182. The summed E-state index contributed by atoms with van der Waals surface area (Å²) in [7, 11) is -2.71. The third-order valence-electron chi connectivity index (χ3n) is 7.64. The van der Waals surface area contributed by atoms with E-state index in [1.54, 1.807) is 42.5 Å². The highest BCUT2D eigenvalue weighted by Crippen LogP contribution is 2.37. The molecule has 5 aromatic rings. The summed E-state index contributed by atoms with van der Waals surface area (Å²) in [5.41, 5.74) is 4.01. The number of nitrogens with zero attached hydrogens (tertiary/aromatic N) is 3. The molecule has 2 unspecified atom stereocenters. The molecule has 8 nitrogen and oxygen atoms in total. The predicted molar refractivity (Wildman–Crippen MR) is 168 cm³/mol. The number of carbonyl (C=O) groups is 2. The van der Waals surface area contributed by atoms with Crippen molar-refractivity contribution in [3.05, 3.63) is 108 Å². The molecule has 0 spiro atoms. The van der Waals surface area contributed by atoms with Gasteiger partial charge in [0, 0.05) is 11.6 Å². The first kappa shape index (κ1) is 28.7. The second-order valence-corrected chi connectivity index (χ2v) is 13.3. The number of thiazole rings is 1. The number of methoxy groups -OCH3 is 1. The minimum Gasteiger partial charge on any atom is -0.497 e. The van der Waals surface area contributed by atoms with Crippen molar-refractivity contribution < 1.29 is 22.7 Å². The van der Waals surface area contributed by atoms with Crippen LogP contribution >= 0.6 is 11.3 Å². The maximum Gasteiger partial charge on any atom is 0.252 e. The summed E-state index contributed by atoms with van der Waals surface area (Å²) in [6, 6.07) is 26.3. The molecule has 218 valence electrons. The first-order chi connectivity index (χ1) is 20.7. The molecule has 43 heavy (non-hydrogen) atoms. The van der Waals surface area contributed by atoms with Crippen LogP contribution in [-0.2, 0) is 19.6 Å². The number of benzene rings is 4. The monoisotopic (exact) mass is 611 g/mol.